The highest BCUT2D eigenvalue weighted by atomic mass is 16.5. The van der Waals surface area contributed by atoms with Gasteiger partial charge in [-0.1, -0.05) is 126 Å². The number of aliphatic carboxylic acids is 1. The lowest BCUT2D eigenvalue weighted by atomic mass is 10.0. The van der Waals surface area contributed by atoms with Gasteiger partial charge in [-0.05, 0) is 115 Å². The van der Waals surface area contributed by atoms with E-state index in [1.165, 1.54) is 148 Å². The van der Waals surface area contributed by atoms with Gasteiger partial charge in [0.05, 0.1) is 6.61 Å². The molecule has 1 aliphatic rings. The molecule has 0 aromatic carbocycles. The van der Waals surface area contributed by atoms with Crippen LogP contribution in [0.2, 0.25) is 0 Å². The lowest BCUT2D eigenvalue weighted by Gasteiger charge is -2.23. The molecule has 1 saturated heterocycles. The van der Waals surface area contributed by atoms with Crippen molar-refractivity contribution < 1.29 is 14.6 Å². The van der Waals surface area contributed by atoms with Gasteiger partial charge in [-0.2, -0.15) is 0 Å². The molecule has 1 unspecified atom stereocenters. The second kappa shape index (κ2) is 35.7. The number of nitrogens with zero attached hydrogens (tertiary/aromatic N) is 1. The van der Waals surface area contributed by atoms with Crippen LogP contribution in [0.4, 0.5) is 0 Å². The number of hydrogen-bond acceptors (Lipinski definition) is 3. The third-order valence-corrected chi connectivity index (χ3v) is 9.41. The predicted molar refractivity (Wildman–Crippen MR) is 205 cm³/mol. The Morgan fingerprint density at radius 3 is 1.62 bits per heavy atom. The molecule has 0 radical (unpaired) electrons. The number of carboxylic acids is 1. The molecule has 1 heterocycles. The molecule has 0 saturated carbocycles. The van der Waals surface area contributed by atoms with Crippen molar-refractivity contribution >= 4 is 5.97 Å². The average Bonchev–Trinajstić information content (AvgIpc) is 3.58. The first kappa shape index (κ1) is 43.4. The molecule has 1 N–H and O–H groups in total. The Labute approximate surface area is 292 Å². The molecule has 0 bridgehead atoms. The Hall–Kier alpha value is -1.65. The summed E-state index contributed by atoms with van der Waals surface area (Å²) in [6.07, 6.45) is 51.4. The van der Waals surface area contributed by atoms with Crippen molar-refractivity contribution in [3.05, 3.63) is 48.6 Å². The molecule has 1 aliphatic heterocycles. The van der Waals surface area contributed by atoms with Crippen LogP contribution in [-0.4, -0.2) is 48.8 Å². The standard InChI is InChI=1S/C43H77NO3/c1-2-3-4-5-6-7-8-9-10-14-17-20-23-26-29-34-39-47-41-42(40-44-37-32-33-38-44)35-30-27-24-21-18-15-12-11-13-16-19-22-25-28-31-36-43(45)46/h6-7,9-11,13,15,18,42H,2-5,8,12,14,16-17,19-41H2,1H3,(H,45,46)/b7-6-,10-9-,13-11-,18-15-. The zero-order valence-corrected chi connectivity index (χ0v) is 31.0. The predicted octanol–water partition coefficient (Wildman–Crippen LogP) is 12.8. The van der Waals surface area contributed by atoms with E-state index >= 15 is 0 Å². The van der Waals surface area contributed by atoms with Gasteiger partial charge in [-0.3, -0.25) is 4.79 Å². The number of carbonyl (C=O) groups is 1. The summed E-state index contributed by atoms with van der Waals surface area (Å²) in [6, 6.07) is 0. The van der Waals surface area contributed by atoms with E-state index in [-0.39, 0.29) is 0 Å². The zero-order valence-electron chi connectivity index (χ0n) is 31.0. The van der Waals surface area contributed by atoms with E-state index in [2.05, 4.69) is 60.4 Å². The minimum absolute atomic E-state index is 0.317. The van der Waals surface area contributed by atoms with E-state index in [1.54, 1.807) is 0 Å². The third-order valence-electron chi connectivity index (χ3n) is 9.41. The lowest BCUT2D eigenvalue weighted by molar-refractivity contribution is -0.137. The Morgan fingerprint density at radius 1 is 0.617 bits per heavy atom. The van der Waals surface area contributed by atoms with Gasteiger partial charge in [0.2, 0.25) is 0 Å². The van der Waals surface area contributed by atoms with Gasteiger partial charge in [0.25, 0.3) is 0 Å². The summed E-state index contributed by atoms with van der Waals surface area (Å²) in [6.45, 7) is 7.97. The molecule has 4 nitrogen and oxygen atoms in total. The van der Waals surface area contributed by atoms with Crippen molar-refractivity contribution in [3.63, 3.8) is 0 Å². The highest BCUT2D eigenvalue weighted by molar-refractivity contribution is 5.66. The SMILES string of the molecule is CCCCC/C=C\C/C=C\CCCCCCCCOCC(CCCCC/C=C\C/C=C\CCCCCCCC(=O)O)CN1CCCC1. The molecule has 1 rings (SSSR count). The van der Waals surface area contributed by atoms with Crippen molar-refractivity contribution in [1.29, 1.82) is 0 Å². The first-order valence-electron chi connectivity index (χ1n) is 20.3. The maximum Gasteiger partial charge on any atom is 0.303 e. The van der Waals surface area contributed by atoms with Crippen LogP contribution in [0, 0.1) is 5.92 Å². The average molecular weight is 656 g/mol. The summed E-state index contributed by atoms with van der Waals surface area (Å²) < 4.78 is 6.23. The van der Waals surface area contributed by atoms with Crippen molar-refractivity contribution in [2.45, 2.75) is 180 Å². The van der Waals surface area contributed by atoms with Crippen LogP contribution in [0.1, 0.15) is 180 Å². The van der Waals surface area contributed by atoms with E-state index in [0.717, 1.165) is 51.7 Å². The molecular weight excluding hydrogens is 578 g/mol. The summed E-state index contributed by atoms with van der Waals surface area (Å²) in [5.41, 5.74) is 0. The van der Waals surface area contributed by atoms with Crippen molar-refractivity contribution in [2.75, 3.05) is 32.8 Å². The van der Waals surface area contributed by atoms with Gasteiger partial charge >= 0.3 is 5.97 Å². The number of rotatable bonds is 35. The van der Waals surface area contributed by atoms with Gasteiger partial charge in [0.1, 0.15) is 0 Å². The Morgan fingerprint density at radius 2 is 1.09 bits per heavy atom. The summed E-state index contributed by atoms with van der Waals surface area (Å²) in [5, 5.41) is 8.67. The molecule has 0 aromatic heterocycles. The highest BCUT2D eigenvalue weighted by Crippen LogP contribution is 2.18. The quantitative estimate of drug-likeness (QED) is 0.0545. The molecule has 272 valence electrons. The first-order valence-corrected chi connectivity index (χ1v) is 20.3. The van der Waals surface area contributed by atoms with Crippen molar-refractivity contribution in [1.82, 2.24) is 4.90 Å². The molecule has 1 fully saturated rings. The summed E-state index contributed by atoms with van der Waals surface area (Å²) >= 11 is 0. The summed E-state index contributed by atoms with van der Waals surface area (Å²) in [5.74, 6) is 0.0276. The van der Waals surface area contributed by atoms with E-state index in [1.807, 2.05) is 0 Å². The molecule has 0 aromatic rings. The number of allylic oxidation sites excluding steroid dienone is 8. The van der Waals surface area contributed by atoms with E-state index < -0.39 is 5.97 Å². The molecule has 1 atom stereocenters. The number of carboxylic acid groups (broad SMARTS) is 1. The van der Waals surface area contributed by atoms with Crippen LogP contribution >= 0.6 is 0 Å². The Balaban J connectivity index is 1.99. The monoisotopic (exact) mass is 656 g/mol. The van der Waals surface area contributed by atoms with Crippen LogP contribution in [0.25, 0.3) is 0 Å². The fraction of sp³-hybridized carbons (Fsp3) is 0.791. The number of likely N-dealkylation sites (tertiary alicyclic amines) is 1. The molecular formula is C43H77NO3. The second-order valence-electron chi connectivity index (χ2n) is 14.0. The summed E-state index contributed by atoms with van der Waals surface area (Å²) in [4.78, 5) is 13.2. The minimum Gasteiger partial charge on any atom is -0.481 e. The first-order chi connectivity index (χ1) is 23.2. The molecule has 0 aliphatic carbocycles. The highest BCUT2D eigenvalue weighted by Gasteiger charge is 2.17. The van der Waals surface area contributed by atoms with Crippen molar-refractivity contribution in [2.24, 2.45) is 5.92 Å². The van der Waals surface area contributed by atoms with Crippen LogP contribution in [-0.2, 0) is 9.53 Å². The van der Waals surface area contributed by atoms with Gasteiger partial charge in [-0.25, -0.2) is 0 Å². The number of ether oxygens (including phenoxy) is 1. The molecule has 0 amide bonds. The Bertz CT molecular complexity index is 780. The third kappa shape index (κ3) is 32.7. The van der Waals surface area contributed by atoms with E-state index in [9.17, 15) is 4.79 Å². The van der Waals surface area contributed by atoms with Gasteiger partial charge in [0.15, 0.2) is 0 Å². The van der Waals surface area contributed by atoms with Crippen LogP contribution in [0.5, 0.6) is 0 Å². The van der Waals surface area contributed by atoms with Gasteiger partial charge < -0.3 is 14.7 Å². The largest absolute Gasteiger partial charge is 0.481 e. The van der Waals surface area contributed by atoms with Crippen molar-refractivity contribution in [3.8, 4) is 0 Å². The number of unbranched alkanes of at least 4 members (excludes halogenated alkanes) is 17. The topological polar surface area (TPSA) is 49.8 Å². The molecule has 47 heavy (non-hydrogen) atoms. The fourth-order valence-corrected chi connectivity index (χ4v) is 6.45. The van der Waals surface area contributed by atoms with E-state index in [0.29, 0.717) is 12.3 Å². The normalized spacial score (nSPS) is 15.0. The van der Waals surface area contributed by atoms with Gasteiger partial charge in [-0.15, -0.1) is 0 Å². The van der Waals surface area contributed by atoms with E-state index in [4.69, 9.17) is 9.84 Å². The fourth-order valence-electron chi connectivity index (χ4n) is 6.45. The minimum atomic E-state index is -0.670. The van der Waals surface area contributed by atoms with Crippen LogP contribution in [0.15, 0.2) is 48.6 Å². The lowest BCUT2D eigenvalue weighted by Crippen LogP contribution is -2.29. The van der Waals surface area contributed by atoms with Gasteiger partial charge in [0, 0.05) is 19.6 Å². The smallest absolute Gasteiger partial charge is 0.303 e. The Kier molecular flexibility index (Phi) is 32.9. The number of hydrogen-bond donors (Lipinski definition) is 1. The molecule has 0 spiro atoms. The molecule has 4 heteroatoms. The van der Waals surface area contributed by atoms with Crippen LogP contribution in [0.3, 0.4) is 0 Å². The van der Waals surface area contributed by atoms with Crippen LogP contribution < -0.4 is 0 Å². The zero-order chi connectivity index (χ0) is 33.7. The summed E-state index contributed by atoms with van der Waals surface area (Å²) in [7, 11) is 0. The maximum absolute atomic E-state index is 10.5. The maximum atomic E-state index is 10.5. The second-order valence-corrected chi connectivity index (χ2v) is 14.0.